The molecule has 7 heteroatoms. The van der Waals surface area contributed by atoms with Gasteiger partial charge in [0.15, 0.2) is 5.13 Å². The second kappa shape index (κ2) is 5.89. The van der Waals surface area contributed by atoms with Gasteiger partial charge in [0.25, 0.3) is 0 Å². The number of nitrogens with zero attached hydrogens (tertiary/aromatic N) is 2. The number of sulfonamides is 1. The van der Waals surface area contributed by atoms with Gasteiger partial charge in [-0.1, -0.05) is 12.1 Å². The van der Waals surface area contributed by atoms with Crippen molar-refractivity contribution in [3.8, 4) is 11.3 Å². The Hall–Kier alpha value is -1.44. The van der Waals surface area contributed by atoms with Gasteiger partial charge in [-0.15, -0.1) is 11.3 Å². The molecule has 2 heterocycles. The van der Waals surface area contributed by atoms with Crippen molar-refractivity contribution in [2.24, 2.45) is 0 Å². The van der Waals surface area contributed by atoms with Crippen LogP contribution in [0.3, 0.4) is 0 Å². The van der Waals surface area contributed by atoms with Crippen LogP contribution in [0.25, 0.3) is 11.3 Å². The van der Waals surface area contributed by atoms with Gasteiger partial charge in [0.1, 0.15) is 0 Å². The van der Waals surface area contributed by atoms with Crippen LogP contribution in [-0.4, -0.2) is 36.8 Å². The molecule has 1 aliphatic heterocycles. The van der Waals surface area contributed by atoms with Crippen molar-refractivity contribution in [1.29, 1.82) is 0 Å². The summed E-state index contributed by atoms with van der Waals surface area (Å²) in [6, 6.07) is 7.66. The van der Waals surface area contributed by atoms with E-state index in [0.717, 1.165) is 29.2 Å². The average molecular weight is 349 g/mol. The Morgan fingerprint density at radius 1 is 1.13 bits per heavy atom. The Kier molecular flexibility index (Phi) is 3.87. The molecule has 122 valence electrons. The Balaban J connectivity index is 1.54. The number of hydrogen-bond acceptors (Lipinski definition) is 5. The van der Waals surface area contributed by atoms with Crippen molar-refractivity contribution in [2.45, 2.75) is 36.6 Å². The number of nitrogens with one attached hydrogen (secondary N) is 1. The average Bonchev–Trinajstić information content (AvgIpc) is 3.04. The molecule has 1 aromatic carbocycles. The van der Waals surface area contributed by atoms with Gasteiger partial charge >= 0.3 is 0 Å². The van der Waals surface area contributed by atoms with Gasteiger partial charge in [-0.3, -0.25) is 0 Å². The fourth-order valence-electron chi connectivity index (χ4n) is 2.75. The van der Waals surface area contributed by atoms with E-state index in [-0.39, 0.29) is 0 Å². The molecule has 23 heavy (non-hydrogen) atoms. The van der Waals surface area contributed by atoms with Crippen LogP contribution >= 0.6 is 11.3 Å². The van der Waals surface area contributed by atoms with Crippen LogP contribution in [0.4, 0.5) is 5.13 Å². The maximum atomic E-state index is 12.5. The van der Waals surface area contributed by atoms with E-state index >= 15 is 0 Å². The fraction of sp³-hybridized carbons (Fsp3) is 0.438. The van der Waals surface area contributed by atoms with Gasteiger partial charge < -0.3 is 5.32 Å². The fourth-order valence-corrected chi connectivity index (χ4v) is 5.07. The van der Waals surface area contributed by atoms with E-state index in [1.54, 1.807) is 27.8 Å². The molecule has 1 aliphatic carbocycles. The number of aromatic nitrogens is 1. The molecule has 1 N–H and O–H groups in total. The Morgan fingerprint density at radius 2 is 1.83 bits per heavy atom. The van der Waals surface area contributed by atoms with Gasteiger partial charge in [-0.2, -0.15) is 4.31 Å². The first-order valence-corrected chi connectivity index (χ1v) is 10.3. The largest absolute Gasteiger partial charge is 0.359 e. The quantitative estimate of drug-likeness (QED) is 0.901. The van der Waals surface area contributed by atoms with E-state index in [1.165, 1.54) is 12.8 Å². The highest BCUT2D eigenvalue weighted by atomic mass is 32.2. The number of benzene rings is 1. The molecule has 2 aliphatic rings. The highest BCUT2D eigenvalue weighted by Gasteiger charge is 2.27. The normalized spacial score (nSPS) is 19.1. The number of anilines is 1. The lowest BCUT2D eigenvalue weighted by Crippen LogP contribution is -2.27. The third-order valence-electron chi connectivity index (χ3n) is 4.26. The molecule has 2 fully saturated rings. The number of thiazole rings is 1. The summed E-state index contributed by atoms with van der Waals surface area (Å²) >= 11 is 1.59. The van der Waals surface area contributed by atoms with Crippen molar-refractivity contribution in [2.75, 3.05) is 18.4 Å². The monoisotopic (exact) mass is 349 g/mol. The van der Waals surface area contributed by atoms with E-state index < -0.39 is 10.0 Å². The van der Waals surface area contributed by atoms with Gasteiger partial charge in [0.2, 0.25) is 10.0 Å². The molecule has 5 nitrogen and oxygen atoms in total. The summed E-state index contributed by atoms with van der Waals surface area (Å²) in [6.45, 7) is 1.26. The maximum Gasteiger partial charge on any atom is 0.243 e. The molecule has 0 spiro atoms. The highest BCUT2D eigenvalue weighted by Crippen LogP contribution is 2.30. The molecule has 1 saturated carbocycles. The zero-order valence-corrected chi connectivity index (χ0v) is 14.4. The molecular weight excluding hydrogens is 330 g/mol. The first-order valence-electron chi connectivity index (χ1n) is 7.95. The smallest absolute Gasteiger partial charge is 0.243 e. The second-order valence-electron chi connectivity index (χ2n) is 6.09. The SMILES string of the molecule is O=S(=O)(c1ccc(-c2csc(NC3CC3)n2)cc1)N1CCCC1. The van der Waals surface area contributed by atoms with Gasteiger partial charge in [-0.05, 0) is 37.8 Å². The Bertz CT molecular complexity index is 789. The van der Waals surface area contributed by atoms with Crippen molar-refractivity contribution < 1.29 is 8.42 Å². The minimum Gasteiger partial charge on any atom is -0.359 e. The van der Waals surface area contributed by atoms with Crippen LogP contribution in [0.1, 0.15) is 25.7 Å². The predicted octanol–water partition coefficient (Wildman–Crippen LogP) is 3.17. The molecule has 0 radical (unpaired) electrons. The van der Waals surface area contributed by atoms with Crippen LogP contribution < -0.4 is 5.32 Å². The van der Waals surface area contributed by atoms with Crippen LogP contribution in [0.15, 0.2) is 34.5 Å². The second-order valence-corrected chi connectivity index (χ2v) is 8.89. The van der Waals surface area contributed by atoms with Crippen molar-refractivity contribution in [1.82, 2.24) is 9.29 Å². The molecule has 2 aromatic rings. The van der Waals surface area contributed by atoms with Crippen LogP contribution in [-0.2, 0) is 10.0 Å². The van der Waals surface area contributed by atoms with E-state index in [2.05, 4.69) is 10.3 Å². The summed E-state index contributed by atoms with van der Waals surface area (Å²) in [5, 5.41) is 6.33. The molecule has 4 rings (SSSR count). The van der Waals surface area contributed by atoms with E-state index in [9.17, 15) is 8.42 Å². The molecular formula is C16H19N3O2S2. The Labute approximate surface area is 140 Å². The molecule has 1 aromatic heterocycles. The minimum atomic E-state index is -3.34. The standard InChI is InChI=1S/C16H19N3O2S2/c20-23(21,19-9-1-2-10-19)14-7-3-12(4-8-14)15-11-22-16(18-15)17-13-5-6-13/h3-4,7-8,11,13H,1-2,5-6,9-10H2,(H,17,18). The number of hydrogen-bond donors (Lipinski definition) is 1. The first kappa shape index (κ1) is 15.1. The lowest BCUT2D eigenvalue weighted by molar-refractivity contribution is 0.477. The number of rotatable bonds is 5. The third-order valence-corrected chi connectivity index (χ3v) is 6.95. The summed E-state index contributed by atoms with van der Waals surface area (Å²) in [4.78, 5) is 4.95. The summed E-state index contributed by atoms with van der Waals surface area (Å²) in [7, 11) is -3.34. The van der Waals surface area contributed by atoms with E-state index in [1.807, 2.05) is 17.5 Å². The van der Waals surface area contributed by atoms with Crippen molar-refractivity contribution in [3.05, 3.63) is 29.6 Å². The zero-order chi connectivity index (χ0) is 15.9. The van der Waals surface area contributed by atoms with E-state index in [0.29, 0.717) is 24.0 Å². The van der Waals surface area contributed by atoms with E-state index in [4.69, 9.17) is 0 Å². The van der Waals surface area contributed by atoms with Crippen LogP contribution in [0.2, 0.25) is 0 Å². The molecule has 0 atom stereocenters. The first-order chi connectivity index (χ1) is 11.1. The lowest BCUT2D eigenvalue weighted by atomic mass is 10.2. The van der Waals surface area contributed by atoms with Crippen molar-refractivity contribution >= 4 is 26.5 Å². The molecule has 0 unspecified atom stereocenters. The van der Waals surface area contributed by atoms with Crippen LogP contribution in [0, 0.1) is 0 Å². The summed E-state index contributed by atoms with van der Waals surface area (Å²) in [6.07, 6.45) is 4.34. The molecule has 0 bridgehead atoms. The molecule has 1 saturated heterocycles. The predicted molar refractivity (Wildman–Crippen MR) is 92.2 cm³/mol. The lowest BCUT2D eigenvalue weighted by Gasteiger charge is -2.15. The third kappa shape index (κ3) is 3.13. The zero-order valence-electron chi connectivity index (χ0n) is 12.7. The summed E-state index contributed by atoms with van der Waals surface area (Å²) in [5.41, 5.74) is 1.84. The van der Waals surface area contributed by atoms with Gasteiger partial charge in [0.05, 0.1) is 10.6 Å². The highest BCUT2D eigenvalue weighted by molar-refractivity contribution is 7.89. The van der Waals surface area contributed by atoms with Crippen LogP contribution in [0.5, 0.6) is 0 Å². The van der Waals surface area contributed by atoms with Gasteiger partial charge in [0, 0.05) is 30.1 Å². The Morgan fingerprint density at radius 3 is 2.48 bits per heavy atom. The van der Waals surface area contributed by atoms with Crippen molar-refractivity contribution in [3.63, 3.8) is 0 Å². The maximum absolute atomic E-state index is 12.5. The minimum absolute atomic E-state index is 0.370. The topological polar surface area (TPSA) is 62.3 Å². The summed E-state index contributed by atoms with van der Waals surface area (Å²) < 4.78 is 26.6. The molecule has 0 amide bonds. The summed E-state index contributed by atoms with van der Waals surface area (Å²) in [5.74, 6) is 0. The van der Waals surface area contributed by atoms with Gasteiger partial charge in [-0.25, -0.2) is 13.4 Å².